The van der Waals surface area contributed by atoms with Gasteiger partial charge in [-0.15, -0.1) is 0 Å². The number of carbonyl (C=O) groups is 2. The van der Waals surface area contributed by atoms with Crippen LogP contribution in [0.3, 0.4) is 0 Å². The fraction of sp³-hybridized carbons (Fsp3) is 0.154. The summed E-state index contributed by atoms with van der Waals surface area (Å²) in [4.78, 5) is 33.7. The zero-order valence-electron chi connectivity index (χ0n) is 18.7. The molecule has 3 aromatic carbocycles. The molecule has 7 nitrogen and oxygen atoms in total. The van der Waals surface area contributed by atoms with Gasteiger partial charge in [0, 0.05) is 27.5 Å². The van der Waals surface area contributed by atoms with Crippen LogP contribution in [-0.4, -0.2) is 28.5 Å². The number of anilines is 1. The van der Waals surface area contributed by atoms with Crippen LogP contribution >= 0.6 is 11.8 Å². The Morgan fingerprint density at radius 1 is 1.06 bits per heavy atom. The lowest BCUT2D eigenvalue weighted by molar-refractivity contribution is 0.0931. The van der Waals surface area contributed by atoms with E-state index >= 15 is 0 Å². The number of aromatic nitrogens is 2. The molecule has 1 aliphatic heterocycles. The summed E-state index contributed by atoms with van der Waals surface area (Å²) in [6.07, 6.45) is 0. The first-order valence-corrected chi connectivity index (χ1v) is 11.8. The fourth-order valence-electron chi connectivity index (χ4n) is 3.84. The normalized spacial score (nSPS) is 13.6. The van der Waals surface area contributed by atoms with Crippen molar-refractivity contribution >= 4 is 29.3 Å². The first kappa shape index (κ1) is 21.9. The van der Waals surface area contributed by atoms with Gasteiger partial charge in [-0.05, 0) is 56.3 Å². The molecular formula is C26H22N4O3S. The highest BCUT2D eigenvalue weighted by molar-refractivity contribution is 7.99. The molecule has 0 spiro atoms. The minimum atomic E-state index is -0.454. The Kier molecular flexibility index (Phi) is 5.90. The molecule has 34 heavy (non-hydrogen) atoms. The van der Waals surface area contributed by atoms with E-state index in [2.05, 4.69) is 15.5 Å². The highest BCUT2D eigenvalue weighted by atomic mass is 32.2. The largest absolute Gasteiger partial charge is 0.341 e. The first-order chi connectivity index (χ1) is 16.5. The van der Waals surface area contributed by atoms with Crippen LogP contribution < -0.4 is 10.2 Å². The number of benzene rings is 3. The maximum Gasteiger partial charge on any atom is 0.259 e. The summed E-state index contributed by atoms with van der Waals surface area (Å²) in [7, 11) is 0. The summed E-state index contributed by atoms with van der Waals surface area (Å²) >= 11 is 1.55. The van der Waals surface area contributed by atoms with Gasteiger partial charge in [0.2, 0.25) is 11.7 Å². The molecule has 0 radical (unpaired) electrons. The lowest BCUT2D eigenvalue weighted by atomic mass is 10.1. The number of nitrogens with zero attached hydrogens (tertiary/aromatic N) is 3. The van der Waals surface area contributed by atoms with Crippen LogP contribution in [0, 0.1) is 0 Å². The molecule has 0 fully saturated rings. The van der Waals surface area contributed by atoms with Gasteiger partial charge in [-0.3, -0.25) is 9.59 Å². The van der Waals surface area contributed by atoms with Crippen LogP contribution in [0.4, 0.5) is 5.69 Å². The Morgan fingerprint density at radius 3 is 2.62 bits per heavy atom. The van der Waals surface area contributed by atoms with Gasteiger partial charge in [0.25, 0.3) is 11.8 Å². The van der Waals surface area contributed by atoms with Crippen molar-refractivity contribution in [3.63, 3.8) is 0 Å². The quantitative estimate of drug-likeness (QED) is 0.423. The number of rotatable bonds is 5. The summed E-state index contributed by atoms with van der Waals surface area (Å²) in [5, 5.41) is 7.01. The van der Waals surface area contributed by atoms with Crippen LogP contribution in [-0.2, 0) is 0 Å². The Hall–Kier alpha value is -3.91. The zero-order chi connectivity index (χ0) is 23.7. The van der Waals surface area contributed by atoms with Gasteiger partial charge in [-0.1, -0.05) is 47.3 Å². The second-order valence-electron chi connectivity index (χ2n) is 7.85. The second kappa shape index (κ2) is 9.15. The van der Waals surface area contributed by atoms with Crippen molar-refractivity contribution < 1.29 is 14.1 Å². The molecular weight excluding hydrogens is 448 g/mol. The predicted molar refractivity (Wildman–Crippen MR) is 130 cm³/mol. The maximum atomic E-state index is 13.1. The highest BCUT2D eigenvalue weighted by Gasteiger charge is 2.27. The van der Waals surface area contributed by atoms with Gasteiger partial charge in [-0.2, -0.15) is 4.98 Å². The minimum absolute atomic E-state index is 0.0121. The number of carbonyl (C=O) groups excluding carboxylic acids is 2. The summed E-state index contributed by atoms with van der Waals surface area (Å²) in [5.74, 6) is 0.517. The summed E-state index contributed by atoms with van der Waals surface area (Å²) < 4.78 is 5.45. The lowest BCUT2D eigenvalue weighted by Crippen LogP contribution is -2.30. The standard InChI is InChI=1S/C26H22N4O3S/c1-3-30-20-14-13-18(15-22(20)34-21-12-8-7-11-19(21)26(30)32)23-28-25(33-29-23)16(2)27-24(31)17-9-5-4-6-10-17/h4-16H,3H2,1-2H3,(H,27,31)/t16-/m1/s1. The third kappa shape index (κ3) is 4.08. The molecule has 170 valence electrons. The molecule has 1 N–H and O–H groups in total. The van der Waals surface area contributed by atoms with Crippen molar-refractivity contribution in [3.8, 4) is 11.4 Å². The summed E-state index contributed by atoms with van der Waals surface area (Å²) in [6.45, 7) is 4.32. The Morgan fingerprint density at radius 2 is 1.82 bits per heavy atom. The maximum absolute atomic E-state index is 13.1. The molecule has 2 heterocycles. The molecule has 1 aliphatic rings. The van der Waals surface area contributed by atoms with Gasteiger partial charge in [0.15, 0.2) is 0 Å². The smallest absolute Gasteiger partial charge is 0.259 e. The number of hydrogen-bond donors (Lipinski definition) is 1. The van der Waals surface area contributed by atoms with E-state index in [1.807, 2.05) is 67.6 Å². The number of amides is 2. The molecule has 4 aromatic rings. The van der Waals surface area contributed by atoms with Crippen LogP contribution in [0.25, 0.3) is 11.4 Å². The van der Waals surface area contributed by atoms with Gasteiger partial charge < -0.3 is 14.7 Å². The van der Waals surface area contributed by atoms with E-state index in [1.54, 1.807) is 35.7 Å². The van der Waals surface area contributed by atoms with E-state index in [9.17, 15) is 9.59 Å². The molecule has 0 unspecified atom stereocenters. The van der Waals surface area contributed by atoms with Gasteiger partial charge in [0.05, 0.1) is 11.3 Å². The molecule has 0 bridgehead atoms. The minimum Gasteiger partial charge on any atom is -0.341 e. The zero-order valence-corrected chi connectivity index (χ0v) is 19.5. The van der Waals surface area contributed by atoms with E-state index in [4.69, 9.17) is 4.52 Å². The molecule has 0 aliphatic carbocycles. The Balaban J connectivity index is 1.42. The predicted octanol–water partition coefficient (Wildman–Crippen LogP) is 5.36. The van der Waals surface area contributed by atoms with E-state index in [0.717, 1.165) is 21.0 Å². The van der Waals surface area contributed by atoms with Gasteiger partial charge >= 0.3 is 0 Å². The van der Waals surface area contributed by atoms with Crippen molar-refractivity contribution in [1.29, 1.82) is 0 Å². The van der Waals surface area contributed by atoms with Crippen molar-refractivity contribution in [2.24, 2.45) is 0 Å². The highest BCUT2D eigenvalue weighted by Crippen LogP contribution is 2.42. The van der Waals surface area contributed by atoms with Crippen LogP contribution in [0.1, 0.15) is 46.5 Å². The van der Waals surface area contributed by atoms with Gasteiger partial charge in [0.1, 0.15) is 6.04 Å². The molecule has 8 heteroatoms. The lowest BCUT2D eigenvalue weighted by Gasteiger charge is -2.21. The Labute approximate surface area is 201 Å². The van der Waals surface area contributed by atoms with E-state index in [1.165, 1.54) is 0 Å². The van der Waals surface area contributed by atoms with E-state index in [0.29, 0.717) is 29.4 Å². The van der Waals surface area contributed by atoms with Crippen molar-refractivity contribution in [3.05, 3.63) is 89.8 Å². The van der Waals surface area contributed by atoms with Gasteiger partial charge in [-0.25, -0.2) is 0 Å². The summed E-state index contributed by atoms with van der Waals surface area (Å²) in [6, 6.07) is 21.9. The fourth-order valence-corrected chi connectivity index (χ4v) is 4.95. The monoisotopic (exact) mass is 470 g/mol. The van der Waals surface area contributed by atoms with Crippen LogP contribution in [0.2, 0.25) is 0 Å². The van der Waals surface area contributed by atoms with E-state index < -0.39 is 6.04 Å². The average molecular weight is 471 g/mol. The average Bonchev–Trinajstić information content (AvgIpc) is 3.32. The van der Waals surface area contributed by atoms with Crippen molar-refractivity contribution in [2.75, 3.05) is 11.4 Å². The summed E-state index contributed by atoms with van der Waals surface area (Å²) in [5.41, 5.74) is 2.87. The molecule has 2 amide bonds. The SMILES string of the molecule is CCN1C(=O)c2ccccc2Sc2cc(-c3noc([C@@H](C)NC(=O)c4ccccc4)n3)ccc21. The number of fused-ring (bicyclic) bond motifs is 2. The van der Waals surface area contributed by atoms with E-state index in [-0.39, 0.29) is 11.8 Å². The van der Waals surface area contributed by atoms with Crippen molar-refractivity contribution in [1.82, 2.24) is 15.5 Å². The molecule has 1 aromatic heterocycles. The van der Waals surface area contributed by atoms with Crippen molar-refractivity contribution in [2.45, 2.75) is 29.7 Å². The third-order valence-electron chi connectivity index (χ3n) is 5.60. The van der Waals surface area contributed by atoms with Crippen LogP contribution in [0.15, 0.2) is 87.1 Å². The molecule has 0 saturated heterocycles. The number of nitrogens with one attached hydrogen (secondary N) is 1. The Bertz CT molecular complexity index is 1370. The molecule has 0 saturated carbocycles. The molecule has 1 atom stereocenters. The topological polar surface area (TPSA) is 88.3 Å². The first-order valence-electron chi connectivity index (χ1n) is 11.0. The second-order valence-corrected chi connectivity index (χ2v) is 8.93. The number of hydrogen-bond acceptors (Lipinski definition) is 6. The van der Waals surface area contributed by atoms with Crippen LogP contribution in [0.5, 0.6) is 0 Å². The molecule has 5 rings (SSSR count). The third-order valence-corrected chi connectivity index (χ3v) is 6.73.